The summed E-state index contributed by atoms with van der Waals surface area (Å²) >= 11 is 2.17. The van der Waals surface area contributed by atoms with E-state index in [0.29, 0.717) is 24.1 Å². The van der Waals surface area contributed by atoms with E-state index < -0.39 is 34.8 Å². The number of carboxylic acid groups (broad SMARTS) is 1. The molecule has 4 aliphatic heterocycles. The van der Waals surface area contributed by atoms with Crippen molar-refractivity contribution in [3.05, 3.63) is 136 Å². The molecule has 4 aromatic rings. The molecule has 55 heavy (non-hydrogen) atoms. The number of aliphatic carboxylic acids is 1. The molecule has 0 spiro atoms. The number of carboxylic acids is 1. The number of aromatic nitrogens is 2. The van der Waals surface area contributed by atoms with Gasteiger partial charge in [0.25, 0.3) is 11.8 Å². The molecular formula is C39H36N8O6S2. The van der Waals surface area contributed by atoms with Crippen LogP contribution in [0.15, 0.2) is 119 Å². The van der Waals surface area contributed by atoms with Crippen LogP contribution in [0.1, 0.15) is 35.4 Å². The Hall–Kier alpha value is -5.84. The van der Waals surface area contributed by atoms with Crippen LogP contribution in [-0.4, -0.2) is 96.5 Å². The van der Waals surface area contributed by atoms with E-state index in [2.05, 4.69) is 25.1 Å². The molecule has 16 heteroatoms. The molecule has 14 nitrogen and oxygen atoms in total. The summed E-state index contributed by atoms with van der Waals surface area (Å²) in [7, 11) is 0. The first-order chi connectivity index (χ1) is 26.8. The first-order valence-corrected chi connectivity index (χ1v) is 19.5. The van der Waals surface area contributed by atoms with Crippen LogP contribution < -0.4 is 16.4 Å². The normalized spacial score (nSPS) is 22.1. The van der Waals surface area contributed by atoms with Crippen molar-refractivity contribution in [1.29, 1.82) is 0 Å². The molecule has 1 aromatic heterocycles. The molecule has 0 aliphatic carbocycles. The molecule has 3 saturated heterocycles. The van der Waals surface area contributed by atoms with Gasteiger partial charge in [-0.1, -0.05) is 96.2 Å². The summed E-state index contributed by atoms with van der Waals surface area (Å²) in [5.41, 5.74) is 7.16. The van der Waals surface area contributed by atoms with Crippen LogP contribution in [0, 0.1) is 0 Å². The fourth-order valence-electron chi connectivity index (χ4n) is 7.50. The summed E-state index contributed by atoms with van der Waals surface area (Å²) < 4.78 is 4.25. The zero-order valence-corrected chi connectivity index (χ0v) is 31.0. The number of oxime groups is 1. The number of β-lactam (4-membered cyclic amide) rings is 1. The van der Waals surface area contributed by atoms with Crippen molar-refractivity contribution >= 4 is 57.8 Å². The lowest BCUT2D eigenvalue weighted by atomic mass is 9.80. The van der Waals surface area contributed by atoms with Gasteiger partial charge in [-0.05, 0) is 31.0 Å². The Morgan fingerprint density at radius 2 is 1.64 bits per heavy atom. The molecule has 4 aliphatic rings. The van der Waals surface area contributed by atoms with Gasteiger partial charge in [-0.3, -0.25) is 19.3 Å². The Morgan fingerprint density at radius 1 is 1.00 bits per heavy atom. The molecule has 280 valence electrons. The molecule has 8 rings (SSSR count). The Kier molecular flexibility index (Phi) is 9.94. The van der Waals surface area contributed by atoms with E-state index in [1.807, 2.05) is 95.9 Å². The van der Waals surface area contributed by atoms with Crippen molar-refractivity contribution < 1.29 is 29.1 Å². The van der Waals surface area contributed by atoms with Crippen molar-refractivity contribution in [3.8, 4) is 0 Å². The van der Waals surface area contributed by atoms with Gasteiger partial charge in [0.05, 0.1) is 0 Å². The van der Waals surface area contributed by atoms with Gasteiger partial charge in [0.2, 0.25) is 23.0 Å². The van der Waals surface area contributed by atoms with E-state index in [9.17, 15) is 24.3 Å². The Balaban J connectivity index is 1.10. The molecule has 3 atom stereocenters. The number of carbonyl (C=O) groups is 4. The predicted molar refractivity (Wildman–Crippen MR) is 207 cm³/mol. The molecule has 5 heterocycles. The number of allylic oxidation sites excluding steroid dienone is 1. The van der Waals surface area contributed by atoms with Gasteiger partial charge >= 0.3 is 5.97 Å². The summed E-state index contributed by atoms with van der Waals surface area (Å²) in [6.45, 7) is 2.14. The standard InChI is InChI=1S/C39H36N8O6S2/c40-38-43-32(45-55-38)29(44-53-39(25-10-4-1-5-11-25,26-12-6-2-7-13-26)27-14-8-3-9-15-27)33(48)42-30-35(50)47-31(37(51)52)24(22-54-36(30)47)20-23-17-19-46(34(23)49)28-16-18-41-21-28/h1-15,20,28,30,36,41H,16-19,21-22H2,(H,42,48)(H,51,52)(H2,40,43,45)/t28-,30+,36+/m0/s1. The van der Waals surface area contributed by atoms with Crippen LogP contribution >= 0.6 is 23.3 Å². The second-order valence-corrected chi connectivity index (χ2v) is 15.3. The zero-order chi connectivity index (χ0) is 38.1. The van der Waals surface area contributed by atoms with Crippen molar-refractivity contribution in [2.24, 2.45) is 5.16 Å². The van der Waals surface area contributed by atoms with Crippen LogP contribution in [0.5, 0.6) is 0 Å². The maximum atomic E-state index is 14.2. The minimum Gasteiger partial charge on any atom is -0.477 e. The van der Waals surface area contributed by atoms with Crippen LogP contribution in [0.3, 0.4) is 0 Å². The third kappa shape index (κ3) is 6.66. The molecule has 3 aromatic carbocycles. The second-order valence-electron chi connectivity index (χ2n) is 13.4. The summed E-state index contributed by atoms with van der Waals surface area (Å²) in [5.74, 6) is -2.73. The molecule has 0 radical (unpaired) electrons. The Labute approximate surface area is 324 Å². The lowest BCUT2D eigenvalue weighted by Gasteiger charge is -2.49. The van der Waals surface area contributed by atoms with E-state index in [0.717, 1.165) is 47.7 Å². The number of hydrogen-bond acceptors (Lipinski definition) is 12. The summed E-state index contributed by atoms with van der Waals surface area (Å²) in [6.07, 6.45) is 2.98. The van der Waals surface area contributed by atoms with Gasteiger partial charge in [-0.2, -0.15) is 9.36 Å². The number of thioether (sulfide) groups is 1. The SMILES string of the molecule is Nc1nc(C(=NOC(c2ccccc2)(c2ccccc2)c2ccccc2)C(=O)N[C@@H]2C(=O)N3C(C(=O)O)=C(C=C4CCN([C@H]5CCNC5)C4=O)CS[C@H]23)ns1. The smallest absolute Gasteiger partial charge is 0.352 e. The topological polar surface area (TPSA) is 192 Å². The van der Waals surface area contributed by atoms with E-state index in [1.165, 1.54) is 16.7 Å². The van der Waals surface area contributed by atoms with E-state index >= 15 is 0 Å². The highest BCUT2D eigenvalue weighted by Gasteiger charge is 2.54. The number of nitrogen functional groups attached to an aromatic ring is 1. The first kappa shape index (κ1) is 36.2. The molecule has 0 saturated carbocycles. The average molecular weight is 777 g/mol. The minimum absolute atomic E-state index is 0.0892. The molecular weight excluding hydrogens is 741 g/mol. The number of nitrogens with one attached hydrogen (secondary N) is 2. The number of carbonyl (C=O) groups excluding carboxylic acids is 3. The van der Waals surface area contributed by atoms with Crippen LogP contribution in [0.4, 0.5) is 5.13 Å². The zero-order valence-electron chi connectivity index (χ0n) is 29.3. The van der Waals surface area contributed by atoms with Gasteiger partial charge in [0.15, 0.2) is 5.13 Å². The lowest BCUT2D eigenvalue weighted by Crippen LogP contribution is -2.71. The van der Waals surface area contributed by atoms with E-state index in [4.69, 9.17) is 10.6 Å². The van der Waals surface area contributed by atoms with Gasteiger partial charge in [-0.15, -0.1) is 11.8 Å². The highest BCUT2D eigenvalue weighted by Crippen LogP contribution is 2.43. The first-order valence-electron chi connectivity index (χ1n) is 17.7. The second kappa shape index (κ2) is 15.1. The molecule has 0 bridgehead atoms. The highest BCUT2D eigenvalue weighted by molar-refractivity contribution is 8.00. The minimum atomic E-state index is -1.34. The molecule has 5 N–H and O–H groups in total. The third-order valence-corrected chi connectivity index (χ3v) is 12.0. The number of benzene rings is 3. The number of amides is 3. The van der Waals surface area contributed by atoms with E-state index in [-0.39, 0.29) is 40.1 Å². The van der Waals surface area contributed by atoms with Crippen LogP contribution in [0.2, 0.25) is 0 Å². The molecule has 3 amide bonds. The summed E-state index contributed by atoms with van der Waals surface area (Å²) in [6, 6.07) is 27.4. The quantitative estimate of drug-likeness (QED) is 0.0576. The fourth-order valence-corrected chi connectivity index (χ4v) is 9.24. The lowest BCUT2D eigenvalue weighted by molar-refractivity contribution is -0.150. The number of nitrogens with zero attached hydrogens (tertiary/aromatic N) is 5. The van der Waals surface area contributed by atoms with Crippen molar-refractivity contribution in [2.45, 2.75) is 35.9 Å². The third-order valence-electron chi connectivity index (χ3n) is 10.2. The molecule has 0 unspecified atom stereocenters. The Bertz CT molecular complexity index is 2130. The number of rotatable bonds is 11. The van der Waals surface area contributed by atoms with Crippen molar-refractivity contribution in [3.63, 3.8) is 0 Å². The molecule has 3 fully saturated rings. The number of fused-ring (bicyclic) bond motifs is 1. The van der Waals surface area contributed by atoms with Crippen LogP contribution in [-0.2, 0) is 29.6 Å². The number of likely N-dealkylation sites (tertiary alicyclic amines) is 1. The monoisotopic (exact) mass is 776 g/mol. The van der Waals surface area contributed by atoms with Crippen LogP contribution in [0.25, 0.3) is 0 Å². The highest BCUT2D eigenvalue weighted by atomic mass is 32.2. The summed E-state index contributed by atoms with van der Waals surface area (Å²) in [4.78, 5) is 67.6. The number of anilines is 1. The van der Waals surface area contributed by atoms with Gasteiger partial charge in [0, 0.05) is 58.7 Å². The fraction of sp³-hybridized carbons (Fsp3) is 0.256. The van der Waals surface area contributed by atoms with Gasteiger partial charge < -0.3 is 31.2 Å². The largest absolute Gasteiger partial charge is 0.477 e. The summed E-state index contributed by atoms with van der Waals surface area (Å²) in [5, 5.41) is 20.1. The number of nitrogens with two attached hydrogens (primary N) is 1. The van der Waals surface area contributed by atoms with Crippen molar-refractivity contribution in [1.82, 2.24) is 29.8 Å². The van der Waals surface area contributed by atoms with E-state index in [1.54, 1.807) is 6.08 Å². The van der Waals surface area contributed by atoms with Gasteiger partial charge in [-0.25, -0.2) is 4.79 Å². The Morgan fingerprint density at radius 3 is 2.18 bits per heavy atom. The maximum absolute atomic E-state index is 14.2. The number of hydrogen-bond donors (Lipinski definition) is 4. The van der Waals surface area contributed by atoms with Crippen molar-refractivity contribution in [2.75, 3.05) is 31.1 Å². The average Bonchev–Trinajstić information content (AvgIpc) is 3.98. The predicted octanol–water partition coefficient (Wildman–Crippen LogP) is 3.09. The maximum Gasteiger partial charge on any atom is 0.352 e. The van der Waals surface area contributed by atoms with Gasteiger partial charge in [0.1, 0.15) is 17.1 Å².